The standard InChI is InChI=1S/C21H26N4O2/c26-21(16-17-6-4-5-7-17)25-14-12-24(13-15-25)19-10-11-20(23-22-19)27-18-8-2-1-3-9-18/h1-3,8-11,17H,4-7,12-16H2. The Hall–Kier alpha value is -2.63. The van der Waals surface area contributed by atoms with Gasteiger partial charge in [-0.15, -0.1) is 10.2 Å². The fraction of sp³-hybridized carbons (Fsp3) is 0.476. The molecule has 27 heavy (non-hydrogen) atoms. The summed E-state index contributed by atoms with van der Waals surface area (Å²) in [6.07, 6.45) is 5.74. The predicted molar refractivity (Wildman–Crippen MR) is 104 cm³/mol. The van der Waals surface area contributed by atoms with Crippen LogP contribution in [0.3, 0.4) is 0 Å². The van der Waals surface area contributed by atoms with Crippen LogP contribution in [0, 0.1) is 5.92 Å². The second-order valence-corrected chi connectivity index (χ2v) is 7.37. The van der Waals surface area contributed by atoms with Crippen LogP contribution in [0.25, 0.3) is 0 Å². The fourth-order valence-corrected chi connectivity index (χ4v) is 3.92. The third-order valence-electron chi connectivity index (χ3n) is 5.49. The summed E-state index contributed by atoms with van der Waals surface area (Å²) in [6, 6.07) is 13.3. The number of carbonyl (C=O) groups is 1. The number of hydrogen-bond donors (Lipinski definition) is 0. The Labute approximate surface area is 160 Å². The normalized spacial score (nSPS) is 17.9. The molecule has 4 rings (SSSR count). The molecule has 2 aromatic rings. The smallest absolute Gasteiger partial charge is 0.238 e. The molecule has 1 amide bonds. The van der Waals surface area contributed by atoms with Crippen LogP contribution < -0.4 is 9.64 Å². The molecule has 0 bridgehead atoms. The number of nitrogens with zero attached hydrogens (tertiary/aromatic N) is 4. The van der Waals surface area contributed by atoms with E-state index < -0.39 is 0 Å². The van der Waals surface area contributed by atoms with Gasteiger partial charge in [-0.3, -0.25) is 4.79 Å². The molecule has 0 unspecified atom stereocenters. The minimum absolute atomic E-state index is 0.319. The first kappa shape index (κ1) is 17.8. The lowest BCUT2D eigenvalue weighted by Gasteiger charge is -2.35. The first-order valence-electron chi connectivity index (χ1n) is 9.87. The Morgan fingerprint density at radius 2 is 1.70 bits per heavy atom. The second-order valence-electron chi connectivity index (χ2n) is 7.37. The number of aromatic nitrogens is 2. The maximum atomic E-state index is 12.5. The lowest BCUT2D eigenvalue weighted by atomic mass is 10.0. The van der Waals surface area contributed by atoms with E-state index in [1.165, 1.54) is 25.7 Å². The molecule has 0 N–H and O–H groups in total. The van der Waals surface area contributed by atoms with Crippen LogP contribution in [0.5, 0.6) is 11.6 Å². The molecule has 6 heteroatoms. The van der Waals surface area contributed by atoms with Gasteiger partial charge in [0.1, 0.15) is 5.75 Å². The van der Waals surface area contributed by atoms with Gasteiger partial charge in [0.25, 0.3) is 0 Å². The third-order valence-corrected chi connectivity index (χ3v) is 5.49. The van der Waals surface area contributed by atoms with Crippen LogP contribution in [0.2, 0.25) is 0 Å². The van der Waals surface area contributed by atoms with Gasteiger partial charge in [-0.25, -0.2) is 0 Å². The lowest BCUT2D eigenvalue weighted by molar-refractivity contribution is -0.132. The number of carbonyl (C=O) groups excluding carboxylic acids is 1. The topological polar surface area (TPSA) is 58.6 Å². The number of piperazine rings is 1. The molecule has 1 saturated carbocycles. The van der Waals surface area contributed by atoms with Crippen molar-refractivity contribution in [3.63, 3.8) is 0 Å². The molecule has 6 nitrogen and oxygen atoms in total. The maximum Gasteiger partial charge on any atom is 0.238 e. The molecular formula is C21H26N4O2. The van der Waals surface area contributed by atoms with Gasteiger partial charge in [-0.05, 0) is 37.0 Å². The molecule has 1 aromatic heterocycles. The molecule has 0 atom stereocenters. The van der Waals surface area contributed by atoms with E-state index >= 15 is 0 Å². The van der Waals surface area contributed by atoms with E-state index in [2.05, 4.69) is 15.1 Å². The lowest BCUT2D eigenvalue weighted by Crippen LogP contribution is -2.49. The van der Waals surface area contributed by atoms with Crippen molar-refractivity contribution in [2.24, 2.45) is 5.92 Å². The van der Waals surface area contributed by atoms with Gasteiger partial charge >= 0.3 is 0 Å². The molecule has 2 aliphatic rings. The Morgan fingerprint density at radius 3 is 2.37 bits per heavy atom. The minimum Gasteiger partial charge on any atom is -0.438 e. The molecular weight excluding hydrogens is 340 g/mol. The van der Waals surface area contributed by atoms with Crippen LogP contribution >= 0.6 is 0 Å². The zero-order valence-corrected chi connectivity index (χ0v) is 15.6. The molecule has 1 saturated heterocycles. The first-order valence-corrected chi connectivity index (χ1v) is 9.87. The summed E-state index contributed by atoms with van der Waals surface area (Å²) in [4.78, 5) is 16.7. The summed E-state index contributed by atoms with van der Waals surface area (Å²) in [6.45, 7) is 3.11. The highest BCUT2D eigenvalue weighted by Gasteiger charge is 2.25. The second kappa shape index (κ2) is 8.37. The highest BCUT2D eigenvalue weighted by atomic mass is 16.5. The van der Waals surface area contributed by atoms with Gasteiger partial charge in [0, 0.05) is 38.7 Å². The highest BCUT2D eigenvalue weighted by Crippen LogP contribution is 2.28. The molecule has 2 fully saturated rings. The fourth-order valence-electron chi connectivity index (χ4n) is 3.92. The quantitative estimate of drug-likeness (QED) is 0.811. The summed E-state index contributed by atoms with van der Waals surface area (Å²) in [7, 11) is 0. The van der Waals surface area contributed by atoms with Crippen molar-refractivity contribution in [2.45, 2.75) is 32.1 Å². The van der Waals surface area contributed by atoms with E-state index in [4.69, 9.17) is 4.74 Å². The number of ether oxygens (including phenoxy) is 1. The van der Waals surface area contributed by atoms with E-state index in [1.54, 1.807) is 0 Å². The van der Waals surface area contributed by atoms with Gasteiger partial charge in [-0.1, -0.05) is 31.0 Å². The molecule has 1 aliphatic carbocycles. The van der Waals surface area contributed by atoms with Crippen molar-refractivity contribution in [3.05, 3.63) is 42.5 Å². The number of benzene rings is 1. The van der Waals surface area contributed by atoms with E-state index in [0.717, 1.165) is 44.2 Å². The van der Waals surface area contributed by atoms with Crippen molar-refractivity contribution in [1.82, 2.24) is 15.1 Å². The van der Waals surface area contributed by atoms with Crippen molar-refractivity contribution in [1.29, 1.82) is 0 Å². The van der Waals surface area contributed by atoms with Gasteiger partial charge in [0.05, 0.1) is 0 Å². The number of amides is 1. The minimum atomic E-state index is 0.319. The van der Waals surface area contributed by atoms with E-state index in [1.807, 2.05) is 47.4 Å². The predicted octanol–water partition coefficient (Wildman–Crippen LogP) is 3.50. The van der Waals surface area contributed by atoms with Gasteiger partial charge < -0.3 is 14.5 Å². The number of rotatable bonds is 5. The Bertz CT molecular complexity index is 737. The van der Waals surface area contributed by atoms with Crippen LogP contribution in [-0.2, 0) is 4.79 Å². The summed E-state index contributed by atoms with van der Waals surface area (Å²) in [5, 5.41) is 8.48. The largest absolute Gasteiger partial charge is 0.438 e. The summed E-state index contributed by atoms with van der Waals surface area (Å²) in [5.41, 5.74) is 0. The van der Waals surface area contributed by atoms with Crippen molar-refractivity contribution in [3.8, 4) is 11.6 Å². The van der Waals surface area contributed by atoms with Crippen LogP contribution in [0.15, 0.2) is 42.5 Å². The van der Waals surface area contributed by atoms with Crippen molar-refractivity contribution in [2.75, 3.05) is 31.1 Å². The Balaban J connectivity index is 1.28. The Kier molecular flexibility index (Phi) is 5.51. The molecule has 142 valence electrons. The average Bonchev–Trinajstić information content (AvgIpc) is 3.22. The molecule has 0 spiro atoms. The van der Waals surface area contributed by atoms with Crippen molar-refractivity contribution < 1.29 is 9.53 Å². The first-order chi connectivity index (χ1) is 13.3. The van der Waals surface area contributed by atoms with Crippen LogP contribution in [-0.4, -0.2) is 47.2 Å². The third kappa shape index (κ3) is 4.56. The van der Waals surface area contributed by atoms with Gasteiger partial charge in [0.15, 0.2) is 5.82 Å². The number of hydrogen-bond acceptors (Lipinski definition) is 5. The van der Waals surface area contributed by atoms with Crippen LogP contribution in [0.1, 0.15) is 32.1 Å². The summed E-state index contributed by atoms with van der Waals surface area (Å²) < 4.78 is 5.69. The zero-order valence-electron chi connectivity index (χ0n) is 15.6. The van der Waals surface area contributed by atoms with E-state index in [-0.39, 0.29) is 0 Å². The van der Waals surface area contributed by atoms with Gasteiger partial charge in [0.2, 0.25) is 11.8 Å². The SMILES string of the molecule is O=C(CC1CCCC1)N1CCN(c2ccc(Oc3ccccc3)nn2)CC1. The zero-order chi connectivity index (χ0) is 18.5. The number of para-hydroxylation sites is 1. The Morgan fingerprint density at radius 1 is 0.963 bits per heavy atom. The van der Waals surface area contributed by atoms with Gasteiger partial charge in [-0.2, -0.15) is 0 Å². The van der Waals surface area contributed by atoms with E-state index in [9.17, 15) is 4.79 Å². The average molecular weight is 366 g/mol. The molecule has 2 heterocycles. The number of anilines is 1. The molecule has 1 aliphatic heterocycles. The maximum absolute atomic E-state index is 12.5. The van der Waals surface area contributed by atoms with E-state index in [0.29, 0.717) is 17.7 Å². The summed E-state index contributed by atoms with van der Waals surface area (Å²) in [5.74, 6) is 2.99. The molecule has 0 radical (unpaired) electrons. The summed E-state index contributed by atoms with van der Waals surface area (Å²) >= 11 is 0. The highest BCUT2D eigenvalue weighted by molar-refractivity contribution is 5.76. The van der Waals surface area contributed by atoms with Crippen molar-refractivity contribution >= 4 is 11.7 Å². The monoisotopic (exact) mass is 366 g/mol. The molecule has 1 aromatic carbocycles. The van der Waals surface area contributed by atoms with Crippen LogP contribution in [0.4, 0.5) is 5.82 Å².